The van der Waals surface area contributed by atoms with Gasteiger partial charge in [-0.05, 0) is 32.3 Å². The lowest BCUT2D eigenvalue weighted by Crippen LogP contribution is -2.06. The van der Waals surface area contributed by atoms with Crippen molar-refractivity contribution in [3.8, 4) is 0 Å². The van der Waals surface area contributed by atoms with Crippen LogP contribution in [0.2, 0.25) is 0 Å². The van der Waals surface area contributed by atoms with Crippen LogP contribution in [0.3, 0.4) is 0 Å². The van der Waals surface area contributed by atoms with Crippen molar-refractivity contribution in [2.24, 2.45) is 5.92 Å². The molecule has 0 saturated heterocycles. The molecule has 0 atom stereocenters. The smallest absolute Gasteiger partial charge is 0.223 e. The van der Waals surface area contributed by atoms with Crippen molar-refractivity contribution >= 4 is 5.95 Å². The number of nitrogens with one attached hydrogen (secondary N) is 1. The van der Waals surface area contributed by atoms with Crippen LogP contribution in [0.15, 0.2) is 6.07 Å². The lowest BCUT2D eigenvalue weighted by atomic mass is 10.0. The van der Waals surface area contributed by atoms with Gasteiger partial charge in [0.25, 0.3) is 0 Å². The highest BCUT2D eigenvalue weighted by molar-refractivity contribution is 5.27. The minimum absolute atomic E-state index is 0.773. The van der Waals surface area contributed by atoms with Crippen LogP contribution in [0, 0.1) is 19.8 Å². The largest absolute Gasteiger partial charge is 0.354 e. The zero-order valence-electron chi connectivity index (χ0n) is 12.3. The molecule has 0 aliphatic carbocycles. The van der Waals surface area contributed by atoms with Gasteiger partial charge < -0.3 is 5.32 Å². The Labute approximate surface area is 111 Å². The number of unbranched alkanes of at least 4 members (excludes halogenated alkanes) is 3. The number of aryl methyl sites for hydroxylation is 2. The van der Waals surface area contributed by atoms with Gasteiger partial charge in [-0.3, -0.25) is 0 Å². The quantitative estimate of drug-likeness (QED) is 0.704. The number of hydrogen-bond acceptors (Lipinski definition) is 3. The van der Waals surface area contributed by atoms with E-state index >= 15 is 0 Å². The average molecular weight is 249 g/mol. The van der Waals surface area contributed by atoms with Crippen LogP contribution in [0.1, 0.15) is 57.3 Å². The van der Waals surface area contributed by atoms with Gasteiger partial charge in [-0.1, -0.05) is 39.5 Å². The van der Waals surface area contributed by atoms with Crippen LogP contribution >= 0.6 is 0 Å². The molecule has 3 nitrogen and oxygen atoms in total. The van der Waals surface area contributed by atoms with Gasteiger partial charge in [0, 0.05) is 17.9 Å². The maximum atomic E-state index is 4.37. The van der Waals surface area contributed by atoms with Gasteiger partial charge in [0.15, 0.2) is 0 Å². The van der Waals surface area contributed by atoms with E-state index in [0.29, 0.717) is 0 Å². The summed E-state index contributed by atoms with van der Waals surface area (Å²) in [7, 11) is 0. The number of hydrogen-bond donors (Lipinski definition) is 1. The summed E-state index contributed by atoms with van der Waals surface area (Å²) in [5, 5.41) is 3.30. The zero-order valence-corrected chi connectivity index (χ0v) is 12.3. The molecule has 18 heavy (non-hydrogen) atoms. The average Bonchev–Trinajstić information content (AvgIpc) is 2.26. The zero-order chi connectivity index (χ0) is 13.4. The Morgan fingerprint density at radius 2 is 1.61 bits per heavy atom. The maximum Gasteiger partial charge on any atom is 0.223 e. The molecule has 1 aromatic rings. The van der Waals surface area contributed by atoms with E-state index in [0.717, 1.165) is 29.8 Å². The molecule has 0 radical (unpaired) electrons. The van der Waals surface area contributed by atoms with Gasteiger partial charge in [-0.25, -0.2) is 9.97 Å². The molecule has 102 valence electrons. The molecule has 0 bridgehead atoms. The maximum absolute atomic E-state index is 4.37. The van der Waals surface area contributed by atoms with Crippen molar-refractivity contribution in [2.75, 3.05) is 11.9 Å². The lowest BCUT2D eigenvalue weighted by Gasteiger charge is -2.07. The standard InChI is InChI=1S/C15H27N3/c1-12(2)9-7-5-6-8-10-16-15-17-13(3)11-14(4)18-15/h11-12H,5-10H2,1-4H3,(H,16,17,18). The highest BCUT2D eigenvalue weighted by Crippen LogP contribution is 2.09. The Morgan fingerprint density at radius 1 is 1.00 bits per heavy atom. The summed E-state index contributed by atoms with van der Waals surface area (Å²) in [4.78, 5) is 8.74. The van der Waals surface area contributed by atoms with E-state index in [2.05, 4.69) is 29.1 Å². The predicted molar refractivity (Wildman–Crippen MR) is 77.9 cm³/mol. The second kappa shape index (κ2) is 8.06. The number of anilines is 1. The molecule has 0 fully saturated rings. The second-order valence-electron chi connectivity index (χ2n) is 5.50. The molecule has 0 unspecified atom stereocenters. The fourth-order valence-corrected chi connectivity index (χ4v) is 2.04. The molecule has 0 saturated carbocycles. The number of nitrogens with zero attached hydrogens (tertiary/aromatic N) is 2. The number of rotatable bonds is 8. The molecule has 1 N–H and O–H groups in total. The normalized spacial score (nSPS) is 10.9. The summed E-state index contributed by atoms with van der Waals surface area (Å²) in [5.74, 6) is 1.61. The van der Waals surface area contributed by atoms with E-state index in [1.165, 1.54) is 32.1 Å². The molecule has 3 heteroatoms. The summed E-state index contributed by atoms with van der Waals surface area (Å²) >= 11 is 0. The van der Waals surface area contributed by atoms with Crippen molar-refractivity contribution < 1.29 is 0 Å². The second-order valence-corrected chi connectivity index (χ2v) is 5.50. The van der Waals surface area contributed by atoms with Gasteiger partial charge >= 0.3 is 0 Å². The molecule has 1 aromatic heterocycles. The summed E-state index contributed by atoms with van der Waals surface area (Å²) in [6, 6.07) is 2.00. The van der Waals surface area contributed by atoms with Crippen molar-refractivity contribution in [3.63, 3.8) is 0 Å². The van der Waals surface area contributed by atoms with Crippen LogP contribution < -0.4 is 5.32 Å². The summed E-state index contributed by atoms with van der Waals surface area (Å²) < 4.78 is 0. The molecular weight excluding hydrogens is 222 g/mol. The lowest BCUT2D eigenvalue weighted by molar-refractivity contribution is 0.523. The Morgan fingerprint density at radius 3 is 2.22 bits per heavy atom. The highest BCUT2D eigenvalue weighted by Gasteiger charge is 1.98. The minimum Gasteiger partial charge on any atom is -0.354 e. The van der Waals surface area contributed by atoms with Crippen molar-refractivity contribution in [3.05, 3.63) is 17.5 Å². The third-order valence-electron chi connectivity index (χ3n) is 2.97. The van der Waals surface area contributed by atoms with E-state index in [4.69, 9.17) is 0 Å². The summed E-state index contributed by atoms with van der Waals surface area (Å²) in [5.41, 5.74) is 2.06. The van der Waals surface area contributed by atoms with Crippen molar-refractivity contribution in [1.82, 2.24) is 9.97 Å². The molecule has 0 aliphatic heterocycles. The summed E-state index contributed by atoms with van der Waals surface area (Å²) in [6.45, 7) is 9.57. The monoisotopic (exact) mass is 249 g/mol. The van der Waals surface area contributed by atoms with E-state index in [1.54, 1.807) is 0 Å². The molecule has 0 spiro atoms. The topological polar surface area (TPSA) is 37.8 Å². The number of aromatic nitrogens is 2. The van der Waals surface area contributed by atoms with Crippen LogP contribution in [0.4, 0.5) is 5.95 Å². The molecule has 1 heterocycles. The fourth-order valence-electron chi connectivity index (χ4n) is 2.04. The minimum atomic E-state index is 0.773. The highest BCUT2D eigenvalue weighted by atomic mass is 15.1. The Balaban J connectivity index is 2.10. The van der Waals surface area contributed by atoms with E-state index in [-0.39, 0.29) is 0 Å². The van der Waals surface area contributed by atoms with Crippen LogP contribution in [0.5, 0.6) is 0 Å². The van der Waals surface area contributed by atoms with Gasteiger partial charge in [-0.15, -0.1) is 0 Å². The van der Waals surface area contributed by atoms with E-state index in [1.807, 2.05) is 19.9 Å². The first-order chi connectivity index (χ1) is 8.58. The SMILES string of the molecule is Cc1cc(C)nc(NCCCCCCC(C)C)n1. The molecule has 0 amide bonds. The van der Waals surface area contributed by atoms with E-state index < -0.39 is 0 Å². The van der Waals surface area contributed by atoms with Gasteiger partial charge in [0.05, 0.1) is 0 Å². The van der Waals surface area contributed by atoms with E-state index in [9.17, 15) is 0 Å². The molecule has 0 aliphatic rings. The van der Waals surface area contributed by atoms with Crippen LogP contribution in [-0.4, -0.2) is 16.5 Å². The first kappa shape index (κ1) is 14.9. The Bertz CT molecular complexity index is 327. The van der Waals surface area contributed by atoms with Crippen molar-refractivity contribution in [2.45, 2.75) is 59.8 Å². The fraction of sp³-hybridized carbons (Fsp3) is 0.733. The predicted octanol–water partition coefficient (Wildman–Crippen LogP) is 4.11. The van der Waals surface area contributed by atoms with Gasteiger partial charge in [0.2, 0.25) is 5.95 Å². The van der Waals surface area contributed by atoms with Crippen molar-refractivity contribution in [1.29, 1.82) is 0 Å². The third kappa shape index (κ3) is 6.58. The summed E-state index contributed by atoms with van der Waals surface area (Å²) in [6.07, 6.45) is 6.55. The van der Waals surface area contributed by atoms with Crippen LogP contribution in [0.25, 0.3) is 0 Å². The Hall–Kier alpha value is -1.12. The molecule has 0 aromatic carbocycles. The Kier molecular flexibility index (Phi) is 6.69. The molecular formula is C15H27N3. The van der Waals surface area contributed by atoms with Gasteiger partial charge in [-0.2, -0.15) is 0 Å². The first-order valence-corrected chi connectivity index (χ1v) is 7.14. The van der Waals surface area contributed by atoms with Gasteiger partial charge in [0.1, 0.15) is 0 Å². The molecule has 1 rings (SSSR count). The first-order valence-electron chi connectivity index (χ1n) is 7.14. The third-order valence-corrected chi connectivity index (χ3v) is 2.97. The van der Waals surface area contributed by atoms with Crippen LogP contribution in [-0.2, 0) is 0 Å².